The van der Waals surface area contributed by atoms with Crippen LogP contribution in [0.4, 0.5) is 0 Å². The van der Waals surface area contributed by atoms with Gasteiger partial charge in [0, 0.05) is 0 Å². The molecule has 0 aromatic carbocycles. The van der Waals surface area contributed by atoms with E-state index in [2.05, 4.69) is 10.6 Å². The highest BCUT2D eigenvalue weighted by atomic mass is 32.2. The molecular weight excluding hydrogens is 212 g/mol. The van der Waals surface area contributed by atoms with Gasteiger partial charge in [0.1, 0.15) is 0 Å². The first kappa shape index (κ1) is 14.0. The molecule has 2 atom stereocenters. The van der Waals surface area contributed by atoms with Gasteiger partial charge in [-0.2, -0.15) is 9.98 Å². The summed E-state index contributed by atoms with van der Waals surface area (Å²) in [6.45, 7) is 3.57. The number of hydrogen-bond acceptors (Lipinski definition) is 3. The van der Waals surface area contributed by atoms with Crippen LogP contribution in [0.2, 0.25) is 0 Å². The molecule has 5 heteroatoms. The van der Waals surface area contributed by atoms with Crippen molar-refractivity contribution in [3.05, 3.63) is 0 Å². The molecule has 0 amide bonds. The molecule has 0 radical (unpaired) electrons. The summed E-state index contributed by atoms with van der Waals surface area (Å²) in [5, 5.41) is 7.63. The summed E-state index contributed by atoms with van der Waals surface area (Å²) in [5.41, 5.74) is 0. The largest absolute Gasteiger partial charge is 0.229 e. The molecule has 0 saturated carbocycles. The second-order valence-corrected chi connectivity index (χ2v) is 5.09. The Kier molecular flexibility index (Phi) is 6.00. The highest BCUT2D eigenvalue weighted by molar-refractivity contribution is 7.90. The van der Waals surface area contributed by atoms with Crippen molar-refractivity contribution in [3.63, 3.8) is 0 Å². The minimum atomic E-state index is -3.61. The van der Waals surface area contributed by atoms with Gasteiger partial charge in [-0.15, -0.1) is 6.42 Å². The van der Waals surface area contributed by atoms with E-state index in [-0.39, 0.29) is 6.42 Å². The third kappa shape index (κ3) is 4.33. The van der Waals surface area contributed by atoms with Gasteiger partial charge in [-0.1, -0.05) is 26.2 Å². The van der Waals surface area contributed by atoms with Gasteiger partial charge in [0.25, 0.3) is 0 Å². The first-order valence-corrected chi connectivity index (χ1v) is 6.43. The third-order valence-corrected chi connectivity index (χ3v) is 3.78. The minimum absolute atomic E-state index is 0.259. The van der Waals surface area contributed by atoms with Gasteiger partial charge in [0.05, 0.1) is 12.1 Å². The van der Waals surface area contributed by atoms with Crippen molar-refractivity contribution in [3.8, 4) is 18.4 Å². The van der Waals surface area contributed by atoms with E-state index in [4.69, 9.17) is 11.7 Å². The first-order chi connectivity index (χ1) is 7.01. The summed E-state index contributed by atoms with van der Waals surface area (Å²) in [4.78, 5) is 0. The Balaban J connectivity index is 4.64. The molecule has 0 fully saturated rings. The average molecular weight is 228 g/mol. The van der Waals surface area contributed by atoms with Crippen LogP contribution in [0.1, 0.15) is 33.1 Å². The summed E-state index contributed by atoms with van der Waals surface area (Å²) in [7, 11) is -3.61. The van der Waals surface area contributed by atoms with Crippen molar-refractivity contribution in [1.82, 2.24) is 4.72 Å². The highest BCUT2D eigenvalue weighted by Gasteiger charge is 2.25. The Hall–Kier alpha value is -1.04. The molecule has 15 heavy (non-hydrogen) atoms. The monoisotopic (exact) mass is 228 g/mol. The predicted octanol–water partition coefficient (Wildman–Crippen LogP) is 1.01. The molecule has 0 bridgehead atoms. The number of terminal acetylenes is 1. The summed E-state index contributed by atoms with van der Waals surface area (Å²) in [5.74, 6) is 2.36. The number of nitriles is 1. The fourth-order valence-electron chi connectivity index (χ4n) is 1.13. The molecule has 0 rings (SSSR count). The van der Waals surface area contributed by atoms with Crippen molar-refractivity contribution in [2.75, 3.05) is 0 Å². The van der Waals surface area contributed by atoms with E-state index in [1.165, 1.54) is 0 Å². The molecule has 0 saturated heterocycles. The lowest BCUT2D eigenvalue weighted by molar-refractivity contribution is 0.556. The Labute approximate surface area is 91.7 Å². The lowest BCUT2D eigenvalue weighted by atomic mass is 10.2. The molecule has 0 aliphatic rings. The smallest absolute Gasteiger partial charge is 0.211 e. The maximum atomic E-state index is 11.6. The second kappa shape index (κ2) is 6.44. The van der Waals surface area contributed by atoms with E-state index in [0.29, 0.717) is 6.42 Å². The fraction of sp³-hybridized carbons (Fsp3) is 0.700. The molecule has 0 spiro atoms. The minimum Gasteiger partial charge on any atom is -0.211 e. The van der Waals surface area contributed by atoms with Crippen LogP contribution < -0.4 is 4.72 Å². The number of sulfonamides is 1. The van der Waals surface area contributed by atoms with Crippen molar-refractivity contribution in [2.45, 2.75) is 44.4 Å². The van der Waals surface area contributed by atoms with Crippen molar-refractivity contribution < 1.29 is 8.42 Å². The quantitative estimate of drug-likeness (QED) is 0.690. The molecule has 0 aromatic rings. The van der Waals surface area contributed by atoms with Gasteiger partial charge in [-0.3, -0.25) is 0 Å². The molecule has 0 heterocycles. The summed E-state index contributed by atoms with van der Waals surface area (Å²) in [6, 6.07) is 1.23. The zero-order valence-electron chi connectivity index (χ0n) is 9.03. The Bertz CT molecular complexity index is 362. The SMILES string of the molecule is C#CC(CCC)NS(=O)(=O)C(C#N)CC. The van der Waals surface area contributed by atoms with E-state index < -0.39 is 21.3 Å². The van der Waals surface area contributed by atoms with E-state index in [1.54, 1.807) is 13.0 Å². The Morgan fingerprint density at radius 3 is 2.40 bits per heavy atom. The Morgan fingerprint density at radius 2 is 2.07 bits per heavy atom. The predicted molar refractivity (Wildman–Crippen MR) is 59.3 cm³/mol. The second-order valence-electron chi connectivity index (χ2n) is 3.20. The maximum Gasteiger partial charge on any atom is 0.229 e. The summed E-state index contributed by atoms with van der Waals surface area (Å²) < 4.78 is 25.6. The van der Waals surface area contributed by atoms with Crippen LogP contribution >= 0.6 is 0 Å². The topological polar surface area (TPSA) is 70.0 Å². The van der Waals surface area contributed by atoms with Gasteiger partial charge in [0.2, 0.25) is 10.0 Å². The number of hydrogen-bond donors (Lipinski definition) is 1. The van der Waals surface area contributed by atoms with Crippen LogP contribution in [-0.4, -0.2) is 19.7 Å². The molecule has 2 unspecified atom stereocenters. The molecule has 84 valence electrons. The normalized spacial score (nSPS) is 14.9. The van der Waals surface area contributed by atoms with Crippen LogP contribution in [-0.2, 0) is 10.0 Å². The van der Waals surface area contributed by atoms with Gasteiger partial charge in [-0.05, 0) is 12.8 Å². The molecule has 0 aliphatic heterocycles. The van der Waals surface area contributed by atoms with E-state index in [1.807, 2.05) is 6.92 Å². The third-order valence-electron chi connectivity index (χ3n) is 1.97. The summed E-state index contributed by atoms with van der Waals surface area (Å²) in [6.07, 6.45) is 6.82. The number of rotatable bonds is 6. The van der Waals surface area contributed by atoms with Crippen LogP contribution in [0.25, 0.3) is 0 Å². The van der Waals surface area contributed by atoms with Crippen LogP contribution in [0.3, 0.4) is 0 Å². The average Bonchev–Trinajstić information content (AvgIpc) is 2.18. The van der Waals surface area contributed by atoms with E-state index >= 15 is 0 Å². The molecule has 4 nitrogen and oxygen atoms in total. The molecule has 0 aliphatic carbocycles. The van der Waals surface area contributed by atoms with Gasteiger partial charge in [0.15, 0.2) is 5.25 Å². The fourth-order valence-corrected chi connectivity index (χ4v) is 2.45. The summed E-state index contributed by atoms with van der Waals surface area (Å²) >= 11 is 0. The highest BCUT2D eigenvalue weighted by Crippen LogP contribution is 2.05. The van der Waals surface area contributed by atoms with Crippen molar-refractivity contribution in [2.24, 2.45) is 0 Å². The zero-order chi connectivity index (χ0) is 11.9. The lowest BCUT2D eigenvalue weighted by Crippen LogP contribution is -2.39. The molecular formula is C10H16N2O2S. The van der Waals surface area contributed by atoms with Gasteiger partial charge in [-0.25, -0.2) is 8.42 Å². The lowest BCUT2D eigenvalue weighted by Gasteiger charge is -2.14. The first-order valence-electron chi connectivity index (χ1n) is 4.88. The number of nitrogens with zero attached hydrogens (tertiary/aromatic N) is 1. The van der Waals surface area contributed by atoms with Crippen LogP contribution in [0.5, 0.6) is 0 Å². The molecule has 1 N–H and O–H groups in total. The standard InChI is InChI=1S/C10H16N2O2S/c1-4-7-9(5-2)12-15(13,14)10(6-3)8-11/h2,9-10,12H,4,6-7H2,1,3H3. The molecule has 0 aromatic heterocycles. The maximum absolute atomic E-state index is 11.6. The van der Waals surface area contributed by atoms with Crippen LogP contribution in [0.15, 0.2) is 0 Å². The van der Waals surface area contributed by atoms with Gasteiger partial charge >= 0.3 is 0 Å². The van der Waals surface area contributed by atoms with Crippen LogP contribution in [0, 0.1) is 23.7 Å². The zero-order valence-corrected chi connectivity index (χ0v) is 9.84. The van der Waals surface area contributed by atoms with Crippen molar-refractivity contribution >= 4 is 10.0 Å². The van der Waals surface area contributed by atoms with E-state index in [9.17, 15) is 8.42 Å². The van der Waals surface area contributed by atoms with E-state index in [0.717, 1.165) is 6.42 Å². The Morgan fingerprint density at radius 1 is 1.47 bits per heavy atom. The van der Waals surface area contributed by atoms with Gasteiger partial charge < -0.3 is 0 Å². The number of nitrogens with one attached hydrogen (secondary N) is 1. The van der Waals surface area contributed by atoms with Crippen molar-refractivity contribution in [1.29, 1.82) is 5.26 Å².